The van der Waals surface area contributed by atoms with E-state index >= 15 is 0 Å². The molecule has 0 aliphatic heterocycles. The molecule has 0 saturated heterocycles. The summed E-state index contributed by atoms with van der Waals surface area (Å²) in [5.41, 5.74) is 3.26. The molecule has 140 valence electrons. The number of hydrogen-bond acceptors (Lipinski definition) is 4. The Morgan fingerprint density at radius 2 is 1.85 bits per heavy atom. The number of amides is 1. The molecule has 0 atom stereocenters. The van der Waals surface area contributed by atoms with E-state index in [2.05, 4.69) is 48.4 Å². The van der Waals surface area contributed by atoms with E-state index in [0.717, 1.165) is 21.2 Å². The molecule has 0 aliphatic rings. The second-order valence-electron chi connectivity index (χ2n) is 6.42. The maximum atomic E-state index is 12.1. The number of anilines is 1. The van der Waals surface area contributed by atoms with Crippen LogP contribution < -0.4 is 5.32 Å². The van der Waals surface area contributed by atoms with Crippen molar-refractivity contribution in [3.63, 3.8) is 0 Å². The summed E-state index contributed by atoms with van der Waals surface area (Å²) < 4.78 is 0. The Kier molecular flexibility index (Phi) is 6.94. The van der Waals surface area contributed by atoms with Gasteiger partial charge in [0.15, 0.2) is 5.13 Å². The number of thioether (sulfide) groups is 1. The lowest BCUT2D eigenvalue weighted by molar-refractivity contribution is -0.115. The summed E-state index contributed by atoms with van der Waals surface area (Å²) >= 11 is 8.96. The van der Waals surface area contributed by atoms with E-state index in [9.17, 15) is 4.79 Å². The van der Waals surface area contributed by atoms with E-state index in [-0.39, 0.29) is 5.91 Å². The Labute approximate surface area is 173 Å². The fourth-order valence-electron chi connectivity index (χ4n) is 2.48. The molecule has 0 unspecified atom stereocenters. The van der Waals surface area contributed by atoms with Crippen molar-refractivity contribution in [2.24, 2.45) is 0 Å². The van der Waals surface area contributed by atoms with E-state index < -0.39 is 0 Å². The van der Waals surface area contributed by atoms with Crippen LogP contribution in [0, 0.1) is 0 Å². The molecule has 1 heterocycles. The van der Waals surface area contributed by atoms with Gasteiger partial charge in [-0.3, -0.25) is 4.79 Å². The molecular weight excluding hydrogens is 396 g/mol. The number of nitrogens with one attached hydrogen (secondary N) is 1. The maximum Gasteiger partial charge on any atom is 0.226 e. The van der Waals surface area contributed by atoms with Gasteiger partial charge < -0.3 is 5.32 Å². The van der Waals surface area contributed by atoms with Crippen LogP contribution in [-0.4, -0.2) is 16.6 Å². The Hall–Kier alpha value is -1.82. The molecule has 0 spiro atoms. The van der Waals surface area contributed by atoms with Gasteiger partial charge in [-0.1, -0.05) is 49.7 Å². The second kappa shape index (κ2) is 9.40. The molecule has 0 fully saturated rings. The fourth-order valence-corrected chi connectivity index (χ4v) is 4.19. The molecule has 2 aromatic carbocycles. The summed E-state index contributed by atoms with van der Waals surface area (Å²) in [6.07, 6.45) is 0.436. The van der Waals surface area contributed by atoms with Crippen molar-refractivity contribution in [2.75, 3.05) is 11.1 Å². The van der Waals surface area contributed by atoms with Crippen molar-refractivity contribution in [3.8, 4) is 11.3 Å². The molecule has 0 saturated carbocycles. The van der Waals surface area contributed by atoms with Gasteiger partial charge in [-0.25, -0.2) is 4.98 Å². The smallest absolute Gasteiger partial charge is 0.226 e. The lowest BCUT2D eigenvalue weighted by Gasteiger charge is -2.05. The summed E-state index contributed by atoms with van der Waals surface area (Å²) in [4.78, 5) is 17.8. The van der Waals surface area contributed by atoms with Crippen LogP contribution in [0.3, 0.4) is 0 Å². The minimum atomic E-state index is -0.0208. The molecule has 1 N–H and O–H groups in total. The van der Waals surface area contributed by atoms with Crippen molar-refractivity contribution < 1.29 is 4.79 Å². The standard InChI is InChI=1S/C21H21ClN2OS2/c1-14(2)15-3-5-16(6-4-15)19-13-27-21(23-19)24-20(25)11-12-26-18-9-7-17(22)8-10-18/h3-10,13-14H,11-12H2,1-2H3,(H,23,24,25). The summed E-state index contributed by atoms with van der Waals surface area (Å²) in [6.45, 7) is 4.35. The summed E-state index contributed by atoms with van der Waals surface area (Å²) in [5, 5.41) is 6.22. The highest BCUT2D eigenvalue weighted by atomic mass is 35.5. The summed E-state index contributed by atoms with van der Waals surface area (Å²) in [5.74, 6) is 1.20. The largest absolute Gasteiger partial charge is 0.302 e. The van der Waals surface area contributed by atoms with Gasteiger partial charge in [-0.15, -0.1) is 23.1 Å². The highest BCUT2D eigenvalue weighted by molar-refractivity contribution is 7.99. The number of aromatic nitrogens is 1. The number of benzene rings is 2. The molecule has 3 rings (SSSR count). The molecule has 0 radical (unpaired) electrons. The van der Waals surface area contributed by atoms with Crippen LogP contribution >= 0.6 is 34.7 Å². The van der Waals surface area contributed by atoms with Gasteiger partial charge in [0.1, 0.15) is 0 Å². The zero-order valence-corrected chi connectivity index (χ0v) is 17.6. The molecule has 3 nitrogen and oxygen atoms in total. The van der Waals surface area contributed by atoms with Gasteiger partial charge in [0.25, 0.3) is 0 Å². The van der Waals surface area contributed by atoms with E-state index in [1.54, 1.807) is 11.8 Å². The molecule has 27 heavy (non-hydrogen) atoms. The minimum Gasteiger partial charge on any atom is -0.302 e. The zero-order valence-electron chi connectivity index (χ0n) is 15.2. The molecule has 1 amide bonds. The first-order valence-electron chi connectivity index (χ1n) is 8.75. The van der Waals surface area contributed by atoms with E-state index in [0.29, 0.717) is 23.2 Å². The Bertz CT molecular complexity index is 889. The second-order valence-corrected chi connectivity index (χ2v) is 8.88. The number of halogens is 1. The van der Waals surface area contributed by atoms with Gasteiger partial charge in [-0.2, -0.15) is 0 Å². The van der Waals surface area contributed by atoms with Crippen LogP contribution in [0.5, 0.6) is 0 Å². The average molecular weight is 417 g/mol. The van der Waals surface area contributed by atoms with Gasteiger partial charge >= 0.3 is 0 Å². The maximum absolute atomic E-state index is 12.1. The van der Waals surface area contributed by atoms with Crippen LogP contribution in [0.2, 0.25) is 5.02 Å². The topological polar surface area (TPSA) is 42.0 Å². The number of carbonyl (C=O) groups is 1. The Balaban J connectivity index is 1.50. The van der Waals surface area contributed by atoms with Crippen molar-refractivity contribution in [1.29, 1.82) is 0 Å². The molecule has 3 aromatic rings. The van der Waals surface area contributed by atoms with Gasteiger partial charge in [0, 0.05) is 33.0 Å². The van der Waals surface area contributed by atoms with E-state index in [1.165, 1.54) is 16.9 Å². The first-order chi connectivity index (χ1) is 13.0. The molecular formula is C21H21ClN2OS2. The summed E-state index contributed by atoms with van der Waals surface area (Å²) in [7, 11) is 0. The number of nitrogens with zero attached hydrogens (tertiary/aromatic N) is 1. The van der Waals surface area contributed by atoms with Crippen molar-refractivity contribution in [3.05, 3.63) is 64.5 Å². The number of hydrogen-bond donors (Lipinski definition) is 1. The Morgan fingerprint density at radius 3 is 2.52 bits per heavy atom. The van der Waals surface area contributed by atoms with Gasteiger partial charge in [0.05, 0.1) is 5.69 Å². The number of rotatable bonds is 7. The van der Waals surface area contributed by atoms with Crippen molar-refractivity contribution in [2.45, 2.75) is 31.1 Å². The normalized spacial score (nSPS) is 11.0. The predicted octanol–water partition coefficient (Wildman–Crippen LogP) is 6.71. The first-order valence-corrected chi connectivity index (χ1v) is 11.0. The van der Waals surface area contributed by atoms with E-state index in [1.807, 2.05) is 29.6 Å². The van der Waals surface area contributed by atoms with Crippen LogP contribution in [-0.2, 0) is 4.79 Å². The van der Waals surface area contributed by atoms with Gasteiger partial charge in [0.2, 0.25) is 5.91 Å². The monoisotopic (exact) mass is 416 g/mol. The lowest BCUT2D eigenvalue weighted by atomic mass is 10.0. The third-order valence-electron chi connectivity index (χ3n) is 4.04. The third kappa shape index (κ3) is 5.83. The van der Waals surface area contributed by atoms with Crippen LogP contribution in [0.1, 0.15) is 31.7 Å². The van der Waals surface area contributed by atoms with Gasteiger partial charge in [-0.05, 0) is 35.7 Å². The van der Waals surface area contributed by atoms with Crippen molar-refractivity contribution >= 4 is 45.7 Å². The molecule has 1 aromatic heterocycles. The van der Waals surface area contributed by atoms with Crippen LogP contribution in [0.15, 0.2) is 58.8 Å². The van der Waals surface area contributed by atoms with E-state index in [4.69, 9.17) is 11.6 Å². The average Bonchev–Trinajstić information content (AvgIpc) is 3.12. The Morgan fingerprint density at radius 1 is 1.15 bits per heavy atom. The molecule has 0 bridgehead atoms. The van der Waals surface area contributed by atoms with Crippen molar-refractivity contribution in [1.82, 2.24) is 4.98 Å². The number of carbonyl (C=O) groups excluding carboxylic acids is 1. The predicted molar refractivity (Wildman–Crippen MR) is 117 cm³/mol. The third-order valence-corrected chi connectivity index (χ3v) is 6.06. The highest BCUT2D eigenvalue weighted by Gasteiger charge is 2.09. The quantitative estimate of drug-likeness (QED) is 0.435. The lowest BCUT2D eigenvalue weighted by Crippen LogP contribution is -2.11. The molecule has 6 heteroatoms. The van der Waals surface area contributed by atoms with Crippen LogP contribution in [0.25, 0.3) is 11.3 Å². The zero-order chi connectivity index (χ0) is 19.2. The SMILES string of the molecule is CC(C)c1ccc(-c2csc(NC(=O)CCSc3ccc(Cl)cc3)n2)cc1. The highest BCUT2D eigenvalue weighted by Crippen LogP contribution is 2.27. The summed E-state index contributed by atoms with van der Waals surface area (Å²) in [6, 6.07) is 16.1. The molecule has 0 aliphatic carbocycles. The fraction of sp³-hybridized carbons (Fsp3) is 0.238. The first kappa shape index (κ1) is 19.9. The minimum absolute atomic E-state index is 0.0208. The number of thiazole rings is 1. The van der Waals surface area contributed by atoms with Crippen LogP contribution in [0.4, 0.5) is 5.13 Å².